The van der Waals surface area contributed by atoms with Crippen LogP contribution in [0.3, 0.4) is 0 Å². The molecule has 1 amide bonds. The molecule has 1 heterocycles. The second-order valence-corrected chi connectivity index (χ2v) is 3.42. The Labute approximate surface area is 91.9 Å². The molecule has 2 atom stereocenters. The summed E-state index contributed by atoms with van der Waals surface area (Å²) in [6.07, 6.45) is -2.85. The molecule has 90 valence electrons. The standard InChI is InChI=1S/C9H13NO6/c1-5(11)16-7(9(13)14)6-8(12)10(2)3-4-15-6/h6-7H,3-4H2,1-2H3,(H,13,14)/t6-,7-/m1/s1. The first-order chi connectivity index (χ1) is 7.43. The predicted molar refractivity (Wildman–Crippen MR) is 50.6 cm³/mol. The van der Waals surface area contributed by atoms with Crippen LogP contribution < -0.4 is 0 Å². The lowest BCUT2D eigenvalue weighted by Gasteiger charge is -2.31. The summed E-state index contributed by atoms with van der Waals surface area (Å²) < 4.78 is 9.59. The van der Waals surface area contributed by atoms with Gasteiger partial charge in [0.25, 0.3) is 5.91 Å². The summed E-state index contributed by atoms with van der Waals surface area (Å²) in [4.78, 5) is 34.5. The van der Waals surface area contributed by atoms with Gasteiger partial charge in [-0.25, -0.2) is 4.79 Å². The number of amides is 1. The number of carbonyl (C=O) groups is 3. The van der Waals surface area contributed by atoms with E-state index in [1.54, 1.807) is 0 Å². The molecule has 1 aliphatic heterocycles. The van der Waals surface area contributed by atoms with E-state index in [-0.39, 0.29) is 6.61 Å². The third-order valence-corrected chi connectivity index (χ3v) is 2.16. The van der Waals surface area contributed by atoms with Gasteiger partial charge in [0.15, 0.2) is 6.10 Å². The number of nitrogens with zero attached hydrogens (tertiary/aromatic N) is 1. The number of aliphatic carboxylic acids is 1. The zero-order chi connectivity index (χ0) is 12.3. The number of likely N-dealkylation sites (N-methyl/N-ethyl adjacent to an activating group) is 1. The number of rotatable bonds is 3. The molecule has 0 radical (unpaired) electrons. The van der Waals surface area contributed by atoms with E-state index in [1.807, 2.05) is 0 Å². The molecule has 0 bridgehead atoms. The van der Waals surface area contributed by atoms with Gasteiger partial charge in [-0.05, 0) is 0 Å². The Morgan fingerprint density at radius 1 is 1.62 bits per heavy atom. The van der Waals surface area contributed by atoms with Gasteiger partial charge in [-0.2, -0.15) is 0 Å². The van der Waals surface area contributed by atoms with E-state index in [2.05, 4.69) is 4.74 Å². The van der Waals surface area contributed by atoms with Crippen LogP contribution in [-0.2, 0) is 23.9 Å². The summed E-state index contributed by atoms with van der Waals surface area (Å²) in [7, 11) is 1.53. The maximum Gasteiger partial charge on any atom is 0.348 e. The van der Waals surface area contributed by atoms with Crippen LogP contribution in [0.4, 0.5) is 0 Å². The first kappa shape index (κ1) is 12.4. The highest BCUT2D eigenvalue weighted by atomic mass is 16.6. The SMILES string of the molecule is CC(=O)O[C@@H](C(=O)O)[C@H]1OCCN(C)C1=O. The molecule has 0 unspecified atom stereocenters. The van der Waals surface area contributed by atoms with E-state index < -0.39 is 30.1 Å². The lowest BCUT2D eigenvalue weighted by atomic mass is 10.1. The third kappa shape index (κ3) is 2.69. The molecule has 7 nitrogen and oxygen atoms in total. The second kappa shape index (κ2) is 4.93. The van der Waals surface area contributed by atoms with Gasteiger partial charge in [0, 0.05) is 20.5 Å². The van der Waals surface area contributed by atoms with Crippen LogP contribution in [0, 0.1) is 0 Å². The van der Waals surface area contributed by atoms with Crippen molar-refractivity contribution in [2.24, 2.45) is 0 Å². The van der Waals surface area contributed by atoms with Crippen molar-refractivity contribution in [2.75, 3.05) is 20.2 Å². The normalized spacial score (nSPS) is 22.8. The average Bonchev–Trinajstić information content (AvgIpc) is 2.18. The Morgan fingerprint density at radius 2 is 2.25 bits per heavy atom. The summed E-state index contributed by atoms with van der Waals surface area (Å²) in [5, 5.41) is 8.85. The van der Waals surface area contributed by atoms with E-state index in [0.29, 0.717) is 6.54 Å². The molecule has 0 saturated carbocycles. The highest BCUT2D eigenvalue weighted by Gasteiger charge is 2.41. The highest BCUT2D eigenvalue weighted by Crippen LogP contribution is 2.12. The summed E-state index contributed by atoms with van der Waals surface area (Å²) >= 11 is 0. The molecule has 0 aromatic heterocycles. The largest absolute Gasteiger partial charge is 0.478 e. The Balaban J connectivity index is 2.80. The predicted octanol–water partition coefficient (Wildman–Crippen LogP) is -1.14. The Kier molecular flexibility index (Phi) is 3.83. The Hall–Kier alpha value is -1.63. The van der Waals surface area contributed by atoms with Crippen LogP contribution in [0.15, 0.2) is 0 Å². The first-order valence-electron chi connectivity index (χ1n) is 4.70. The molecule has 1 N–H and O–H groups in total. The van der Waals surface area contributed by atoms with Gasteiger partial charge in [0.2, 0.25) is 6.10 Å². The number of carboxylic acids is 1. The Bertz CT molecular complexity index is 315. The number of carboxylic acid groups (broad SMARTS) is 1. The molecule has 1 rings (SSSR count). The van der Waals surface area contributed by atoms with Gasteiger partial charge in [-0.3, -0.25) is 9.59 Å². The van der Waals surface area contributed by atoms with E-state index in [0.717, 1.165) is 6.92 Å². The number of hydrogen-bond donors (Lipinski definition) is 1. The van der Waals surface area contributed by atoms with Crippen molar-refractivity contribution in [3.63, 3.8) is 0 Å². The summed E-state index contributed by atoms with van der Waals surface area (Å²) in [6.45, 7) is 1.69. The lowest BCUT2D eigenvalue weighted by Crippen LogP contribution is -2.54. The number of ether oxygens (including phenoxy) is 2. The molecule has 0 aromatic carbocycles. The minimum atomic E-state index is -1.59. The monoisotopic (exact) mass is 231 g/mol. The quantitative estimate of drug-likeness (QED) is 0.617. The minimum absolute atomic E-state index is 0.220. The molecule has 16 heavy (non-hydrogen) atoms. The van der Waals surface area contributed by atoms with Crippen molar-refractivity contribution < 1.29 is 29.0 Å². The smallest absolute Gasteiger partial charge is 0.348 e. The van der Waals surface area contributed by atoms with Crippen molar-refractivity contribution >= 4 is 17.8 Å². The van der Waals surface area contributed by atoms with Gasteiger partial charge in [-0.1, -0.05) is 0 Å². The molecular formula is C9H13NO6. The van der Waals surface area contributed by atoms with E-state index in [9.17, 15) is 14.4 Å². The van der Waals surface area contributed by atoms with Crippen LogP contribution in [0.2, 0.25) is 0 Å². The number of hydrogen-bond acceptors (Lipinski definition) is 5. The Morgan fingerprint density at radius 3 is 2.75 bits per heavy atom. The van der Waals surface area contributed by atoms with Gasteiger partial charge in [0.05, 0.1) is 6.61 Å². The number of carbonyl (C=O) groups excluding carboxylic acids is 2. The van der Waals surface area contributed by atoms with Gasteiger partial charge in [-0.15, -0.1) is 0 Å². The van der Waals surface area contributed by atoms with Crippen molar-refractivity contribution in [2.45, 2.75) is 19.1 Å². The van der Waals surface area contributed by atoms with Crippen molar-refractivity contribution in [3.8, 4) is 0 Å². The first-order valence-corrected chi connectivity index (χ1v) is 4.70. The molecule has 0 spiro atoms. The summed E-state index contributed by atoms with van der Waals surface area (Å²) in [6, 6.07) is 0. The molecule has 0 aliphatic carbocycles. The number of morpholine rings is 1. The van der Waals surface area contributed by atoms with Crippen LogP contribution >= 0.6 is 0 Å². The topological polar surface area (TPSA) is 93.1 Å². The van der Waals surface area contributed by atoms with E-state index in [4.69, 9.17) is 9.84 Å². The minimum Gasteiger partial charge on any atom is -0.478 e. The van der Waals surface area contributed by atoms with Gasteiger partial charge < -0.3 is 19.5 Å². The third-order valence-electron chi connectivity index (χ3n) is 2.16. The van der Waals surface area contributed by atoms with Crippen molar-refractivity contribution in [3.05, 3.63) is 0 Å². The van der Waals surface area contributed by atoms with Crippen LogP contribution in [-0.4, -0.2) is 60.3 Å². The fourth-order valence-corrected chi connectivity index (χ4v) is 1.35. The fourth-order valence-electron chi connectivity index (χ4n) is 1.35. The lowest BCUT2D eigenvalue weighted by molar-refractivity contribution is -0.184. The highest BCUT2D eigenvalue weighted by molar-refractivity contribution is 5.89. The maximum atomic E-state index is 11.6. The molecule has 1 aliphatic rings. The molecule has 0 aromatic rings. The van der Waals surface area contributed by atoms with Crippen molar-refractivity contribution in [1.82, 2.24) is 4.90 Å². The maximum absolute atomic E-state index is 11.6. The zero-order valence-corrected chi connectivity index (χ0v) is 9.00. The fraction of sp³-hybridized carbons (Fsp3) is 0.667. The van der Waals surface area contributed by atoms with Crippen molar-refractivity contribution in [1.29, 1.82) is 0 Å². The molecule has 1 saturated heterocycles. The zero-order valence-electron chi connectivity index (χ0n) is 9.00. The van der Waals surface area contributed by atoms with Crippen LogP contribution in [0.25, 0.3) is 0 Å². The molecule has 7 heteroatoms. The average molecular weight is 231 g/mol. The summed E-state index contributed by atoms with van der Waals surface area (Å²) in [5.41, 5.74) is 0. The van der Waals surface area contributed by atoms with E-state index in [1.165, 1.54) is 11.9 Å². The number of esters is 1. The van der Waals surface area contributed by atoms with E-state index >= 15 is 0 Å². The second-order valence-electron chi connectivity index (χ2n) is 3.42. The van der Waals surface area contributed by atoms with Gasteiger partial charge in [0.1, 0.15) is 0 Å². The summed E-state index contributed by atoms with van der Waals surface area (Å²) in [5.74, 6) is -2.67. The van der Waals surface area contributed by atoms with Crippen LogP contribution in [0.5, 0.6) is 0 Å². The molecular weight excluding hydrogens is 218 g/mol. The molecule has 1 fully saturated rings. The van der Waals surface area contributed by atoms with Crippen LogP contribution in [0.1, 0.15) is 6.92 Å². The van der Waals surface area contributed by atoms with Gasteiger partial charge >= 0.3 is 11.9 Å².